The Balaban J connectivity index is 1.60. The third-order valence-corrected chi connectivity index (χ3v) is 4.69. The number of hydrogen-bond acceptors (Lipinski definition) is 3. The zero-order chi connectivity index (χ0) is 17.1. The number of aryl methyl sites for hydroxylation is 1. The van der Waals surface area contributed by atoms with Gasteiger partial charge in [-0.2, -0.15) is 0 Å². The predicted molar refractivity (Wildman–Crippen MR) is 89.4 cm³/mol. The fourth-order valence-electron chi connectivity index (χ4n) is 3.24. The molecule has 2 aliphatic rings. The third kappa shape index (κ3) is 3.58. The lowest BCUT2D eigenvalue weighted by atomic mass is 10.1. The van der Waals surface area contributed by atoms with E-state index in [4.69, 9.17) is 0 Å². The Labute approximate surface area is 141 Å². The van der Waals surface area contributed by atoms with Crippen molar-refractivity contribution < 1.29 is 14.4 Å². The van der Waals surface area contributed by atoms with Crippen LogP contribution in [0.5, 0.6) is 0 Å². The molecule has 0 saturated carbocycles. The highest BCUT2D eigenvalue weighted by molar-refractivity contribution is 5.94. The molecule has 0 spiro atoms. The summed E-state index contributed by atoms with van der Waals surface area (Å²) in [5.74, 6) is -0.0664. The van der Waals surface area contributed by atoms with Crippen LogP contribution in [0.1, 0.15) is 35.2 Å². The molecule has 3 amide bonds. The van der Waals surface area contributed by atoms with Crippen molar-refractivity contribution >= 4 is 17.7 Å². The highest BCUT2D eigenvalue weighted by atomic mass is 16.2. The van der Waals surface area contributed by atoms with E-state index in [0.29, 0.717) is 44.6 Å². The number of carbonyl (C=O) groups is 3. The number of carbonyl (C=O) groups excluding carboxylic acids is 3. The molecule has 1 unspecified atom stereocenters. The molecular weight excluding hydrogens is 306 g/mol. The molecule has 6 nitrogen and oxygen atoms in total. The molecule has 24 heavy (non-hydrogen) atoms. The number of nitrogens with zero attached hydrogens (tertiary/aromatic N) is 2. The fourth-order valence-corrected chi connectivity index (χ4v) is 3.24. The molecule has 6 heteroatoms. The van der Waals surface area contributed by atoms with E-state index in [0.717, 1.165) is 12.0 Å². The summed E-state index contributed by atoms with van der Waals surface area (Å²) in [4.78, 5) is 40.0. The first kappa shape index (κ1) is 16.5. The topological polar surface area (TPSA) is 69.7 Å². The van der Waals surface area contributed by atoms with Gasteiger partial charge in [0.2, 0.25) is 11.8 Å². The molecule has 1 atom stereocenters. The molecule has 3 rings (SSSR count). The first-order valence-electron chi connectivity index (χ1n) is 8.49. The molecule has 1 aromatic rings. The molecule has 0 bridgehead atoms. The quantitative estimate of drug-likeness (QED) is 0.878. The Bertz CT molecular complexity index is 641. The monoisotopic (exact) mass is 329 g/mol. The van der Waals surface area contributed by atoms with Gasteiger partial charge < -0.3 is 15.1 Å². The third-order valence-electron chi connectivity index (χ3n) is 4.69. The van der Waals surface area contributed by atoms with Crippen molar-refractivity contribution in [3.8, 4) is 0 Å². The van der Waals surface area contributed by atoms with E-state index in [-0.39, 0.29) is 17.7 Å². The second-order valence-corrected chi connectivity index (χ2v) is 6.50. The first-order chi connectivity index (χ1) is 11.5. The Morgan fingerprint density at radius 1 is 1.04 bits per heavy atom. The van der Waals surface area contributed by atoms with Gasteiger partial charge in [0.05, 0.1) is 0 Å². The lowest BCUT2D eigenvalue weighted by Crippen LogP contribution is -2.46. The van der Waals surface area contributed by atoms with Crippen LogP contribution in [-0.4, -0.2) is 59.7 Å². The SMILES string of the molecule is Cc1ccc(C(=O)N2CCCN(C(=O)C3CCC(=O)N3)CC2)cc1. The fraction of sp³-hybridized carbons (Fsp3) is 0.500. The molecule has 0 radical (unpaired) electrons. The van der Waals surface area contributed by atoms with Gasteiger partial charge in [0.1, 0.15) is 6.04 Å². The van der Waals surface area contributed by atoms with E-state index >= 15 is 0 Å². The van der Waals surface area contributed by atoms with Gasteiger partial charge in [0, 0.05) is 38.2 Å². The van der Waals surface area contributed by atoms with Crippen molar-refractivity contribution in [3.05, 3.63) is 35.4 Å². The Morgan fingerprint density at radius 3 is 2.38 bits per heavy atom. The molecule has 0 aromatic heterocycles. The highest BCUT2D eigenvalue weighted by Gasteiger charge is 2.32. The van der Waals surface area contributed by atoms with Crippen LogP contribution in [0.4, 0.5) is 0 Å². The molecule has 2 fully saturated rings. The standard InChI is InChI=1S/C18H23N3O3/c1-13-3-5-14(6-4-13)17(23)20-9-2-10-21(12-11-20)18(24)15-7-8-16(22)19-15/h3-6,15H,2,7-12H2,1H3,(H,19,22). The maximum Gasteiger partial charge on any atom is 0.253 e. The molecule has 2 heterocycles. The average molecular weight is 329 g/mol. The minimum atomic E-state index is -0.392. The Morgan fingerprint density at radius 2 is 1.71 bits per heavy atom. The van der Waals surface area contributed by atoms with Crippen LogP contribution in [0.3, 0.4) is 0 Å². The van der Waals surface area contributed by atoms with Gasteiger partial charge in [-0.15, -0.1) is 0 Å². The van der Waals surface area contributed by atoms with Gasteiger partial charge in [-0.05, 0) is 31.9 Å². The number of nitrogens with one attached hydrogen (secondary N) is 1. The number of hydrogen-bond donors (Lipinski definition) is 1. The summed E-state index contributed by atoms with van der Waals surface area (Å²) in [6, 6.07) is 7.17. The van der Waals surface area contributed by atoms with Gasteiger partial charge in [0.15, 0.2) is 0 Å². The van der Waals surface area contributed by atoms with E-state index in [2.05, 4.69) is 5.32 Å². The van der Waals surface area contributed by atoms with Gasteiger partial charge in [-0.1, -0.05) is 17.7 Å². The highest BCUT2D eigenvalue weighted by Crippen LogP contribution is 2.14. The van der Waals surface area contributed by atoms with Crippen molar-refractivity contribution in [3.63, 3.8) is 0 Å². The van der Waals surface area contributed by atoms with E-state index < -0.39 is 6.04 Å². The average Bonchev–Trinajstić information content (AvgIpc) is 2.87. The minimum absolute atomic E-state index is 0.0125. The second kappa shape index (κ2) is 7.03. The van der Waals surface area contributed by atoms with E-state index in [1.165, 1.54) is 0 Å². The van der Waals surface area contributed by atoms with Gasteiger partial charge in [0.25, 0.3) is 5.91 Å². The maximum atomic E-state index is 12.6. The molecule has 0 aliphatic carbocycles. The Kier molecular flexibility index (Phi) is 4.83. The van der Waals surface area contributed by atoms with Crippen LogP contribution < -0.4 is 5.32 Å². The van der Waals surface area contributed by atoms with Crippen molar-refractivity contribution in [2.24, 2.45) is 0 Å². The van der Waals surface area contributed by atoms with Gasteiger partial charge in [-0.25, -0.2) is 0 Å². The number of rotatable bonds is 2. The van der Waals surface area contributed by atoms with Crippen molar-refractivity contribution in [1.82, 2.24) is 15.1 Å². The summed E-state index contributed by atoms with van der Waals surface area (Å²) in [5, 5.41) is 2.73. The molecular formula is C18H23N3O3. The normalized spacial score (nSPS) is 21.4. The van der Waals surface area contributed by atoms with Gasteiger partial charge >= 0.3 is 0 Å². The summed E-state index contributed by atoms with van der Waals surface area (Å²) in [7, 11) is 0. The molecule has 2 aliphatic heterocycles. The van der Waals surface area contributed by atoms with E-state index in [9.17, 15) is 14.4 Å². The molecule has 1 N–H and O–H groups in total. The van der Waals surface area contributed by atoms with Crippen molar-refractivity contribution in [2.75, 3.05) is 26.2 Å². The van der Waals surface area contributed by atoms with E-state index in [1.807, 2.05) is 36.1 Å². The van der Waals surface area contributed by atoms with Crippen LogP contribution in [0.25, 0.3) is 0 Å². The van der Waals surface area contributed by atoms with E-state index in [1.54, 1.807) is 4.90 Å². The minimum Gasteiger partial charge on any atom is -0.344 e. The summed E-state index contributed by atoms with van der Waals surface area (Å²) >= 11 is 0. The molecule has 1 aromatic carbocycles. The lowest BCUT2D eigenvalue weighted by Gasteiger charge is -2.24. The zero-order valence-electron chi connectivity index (χ0n) is 14.0. The lowest BCUT2D eigenvalue weighted by molar-refractivity contribution is -0.134. The smallest absolute Gasteiger partial charge is 0.253 e. The predicted octanol–water partition coefficient (Wildman–Crippen LogP) is 0.948. The summed E-state index contributed by atoms with van der Waals surface area (Å²) in [5.41, 5.74) is 1.81. The Hall–Kier alpha value is -2.37. The summed E-state index contributed by atoms with van der Waals surface area (Å²) in [6.07, 6.45) is 1.74. The maximum absolute atomic E-state index is 12.6. The first-order valence-corrected chi connectivity index (χ1v) is 8.49. The summed E-state index contributed by atoms with van der Waals surface area (Å²) < 4.78 is 0. The largest absolute Gasteiger partial charge is 0.344 e. The second-order valence-electron chi connectivity index (χ2n) is 6.50. The van der Waals surface area contributed by atoms with Crippen molar-refractivity contribution in [1.29, 1.82) is 0 Å². The molecule has 128 valence electrons. The number of benzene rings is 1. The van der Waals surface area contributed by atoms with Crippen LogP contribution >= 0.6 is 0 Å². The van der Waals surface area contributed by atoms with Gasteiger partial charge in [-0.3, -0.25) is 14.4 Å². The van der Waals surface area contributed by atoms with Crippen molar-refractivity contribution in [2.45, 2.75) is 32.2 Å². The van der Waals surface area contributed by atoms with Crippen LogP contribution in [0, 0.1) is 6.92 Å². The number of amides is 3. The van der Waals surface area contributed by atoms with Crippen LogP contribution in [0.15, 0.2) is 24.3 Å². The zero-order valence-corrected chi connectivity index (χ0v) is 14.0. The molecule has 2 saturated heterocycles. The van der Waals surface area contributed by atoms with Crippen LogP contribution in [-0.2, 0) is 9.59 Å². The summed E-state index contributed by atoms with van der Waals surface area (Å²) in [6.45, 7) is 4.31. The van der Waals surface area contributed by atoms with Crippen LogP contribution in [0.2, 0.25) is 0 Å².